The molecule has 0 spiro atoms. The number of hydrazine groups is 2. The van der Waals surface area contributed by atoms with Crippen LogP contribution in [0.3, 0.4) is 0 Å². The van der Waals surface area contributed by atoms with Gasteiger partial charge in [0, 0.05) is 23.5 Å². The smallest absolute Gasteiger partial charge is 0.163 e. The van der Waals surface area contributed by atoms with Crippen molar-refractivity contribution in [1.82, 2.24) is 9.66 Å². The molecule has 2 aromatic rings. The molecule has 6 N–H and O–H groups in total. The molecule has 0 unspecified atom stereocenters. The van der Waals surface area contributed by atoms with Crippen molar-refractivity contribution in [2.24, 2.45) is 11.7 Å². The van der Waals surface area contributed by atoms with Crippen LogP contribution in [0.15, 0.2) is 24.5 Å². The number of nitrogens with zero attached hydrogens (tertiary/aromatic N) is 3. The molecule has 0 aliphatic rings. The largest absolute Gasteiger partial charge is 0.398 e. The summed E-state index contributed by atoms with van der Waals surface area (Å²) in [6.45, 7) is 0. The molecule has 2 rings (SSSR count). The van der Waals surface area contributed by atoms with Crippen molar-refractivity contribution in [2.75, 3.05) is 11.0 Å². The van der Waals surface area contributed by atoms with Gasteiger partial charge in [0.2, 0.25) is 0 Å². The van der Waals surface area contributed by atoms with E-state index in [0.29, 0.717) is 11.3 Å². The fourth-order valence-electron chi connectivity index (χ4n) is 1.23. The number of anilines is 1. The predicted octanol–water partition coefficient (Wildman–Crippen LogP) is -0.696. The van der Waals surface area contributed by atoms with Crippen molar-refractivity contribution in [3.63, 3.8) is 0 Å². The Labute approximate surface area is 74.4 Å². The molecular weight excluding hydrogens is 168 g/mol. The summed E-state index contributed by atoms with van der Waals surface area (Å²) in [6, 6.07) is 3.54. The second kappa shape index (κ2) is 2.61. The van der Waals surface area contributed by atoms with Gasteiger partial charge in [-0.25, -0.2) is 21.3 Å². The summed E-state index contributed by atoms with van der Waals surface area (Å²) in [4.78, 5) is 4.10. The Morgan fingerprint density at radius 1 is 1.31 bits per heavy atom. The zero-order valence-corrected chi connectivity index (χ0v) is 6.88. The number of pyridine rings is 1. The van der Waals surface area contributed by atoms with Gasteiger partial charge in [-0.3, -0.25) is 0 Å². The van der Waals surface area contributed by atoms with Crippen molar-refractivity contribution in [3.05, 3.63) is 24.5 Å². The molecule has 0 aliphatic heterocycles. The standard InChI is InChI=1S/C7H10N6/c8-6-1-3-11-7-5(6)2-4-12(7)13(9)10/h1-4H,9-10H2,(H2,8,11). The fraction of sp³-hybridized carbons (Fsp3) is 0. The highest BCUT2D eigenvalue weighted by atomic mass is 15.8. The second-order valence-electron chi connectivity index (χ2n) is 2.68. The highest BCUT2D eigenvalue weighted by molar-refractivity contribution is 5.88. The number of rotatable bonds is 1. The van der Waals surface area contributed by atoms with Gasteiger partial charge in [0.05, 0.1) is 0 Å². The molecule has 0 aliphatic carbocycles. The molecule has 0 aromatic carbocycles. The molecule has 0 saturated heterocycles. The maximum atomic E-state index is 5.72. The van der Waals surface area contributed by atoms with Gasteiger partial charge in [0.15, 0.2) is 5.65 Å². The summed E-state index contributed by atoms with van der Waals surface area (Å²) in [5.74, 6) is 10.7. The molecule has 0 bridgehead atoms. The predicted molar refractivity (Wildman–Crippen MR) is 50.7 cm³/mol. The van der Waals surface area contributed by atoms with Crippen LogP contribution < -0.4 is 22.6 Å². The van der Waals surface area contributed by atoms with Crippen LogP contribution in [0.1, 0.15) is 0 Å². The third-order valence-electron chi connectivity index (χ3n) is 1.85. The minimum Gasteiger partial charge on any atom is -0.398 e. The number of hydrogen-bond donors (Lipinski definition) is 3. The molecule has 2 heterocycles. The van der Waals surface area contributed by atoms with E-state index in [2.05, 4.69) is 4.98 Å². The van der Waals surface area contributed by atoms with Crippen LogP contribution in [0.25, 0.3) is 11.0 Å². The third-order valence-corrected chi connectivity index (χ3v) is 1.85. The lowest BCUT2D eigenvalue weighted by molar-refractivity contribution is 0.647. The Morgan fingerprint density at radius 2 is 2.08 bits per heavy atom. The molecule has 0 atom stereocenters. The fourth-order valence-corrected chi connectivity index (χ4v) is 1.23. The van der Waals surface area contributed by atoms with Crippen molar-refractivity contribution in [2.45, 2.75) is 0 Å². The van der Waals surface area contributed by atoms with E-state index in [1.165, 1.54) is 4.68 Å². The zero-order valence-electron chi connectivity index (χ0n) is 6.88. The molecule has 0 radical (unpaired) electrons. The molecule has 13 heavy (non-hydrogen) atoms. The lowest BCUT2D eigenvalue weighted by Crippen LogP contribution is -2.47. The minimum absolute atomic E-state index is 0.644. The Morgan fingerprint density at radius 3 is 2.77 bits per heavy atom. The van der Waals surface area contributed by atoms with Gasteiger partial charge in [-0.05, 0) is 12.1 Å². The highest BCUT2D eigenvalue weighted by Crippen LogP contribution is 2.18. The van der Waals surface area contributed by atoms with E-state index in [0.717, 1.165) is 10.6 Å². The maximum absolute atomic E-state index is 5.72. The number of nitrogens with two attached hydrogens (primary N) is 3. The number of nitrogen functional groups attached to an aromatic ring is 1. The van der Waals surface area contributed by atoms with Crippen molar-refractivity contribution >= 4 is 16.7 Å². The van der Waals surface area contributed by atoms with Gasteiger partial charge in [-0.1, -0.05) is 0 Å². The summed E-state index contributed by atoms with van der Waals surface area (Å²) >= 11 is 0. The van der Waals surface area contributed by atoms with Gasteiger partial charge >= 0.3 is 0 Å². The van der Waals surface area contributed by atoms with Gasteiger partial charge in [-0.2, -0.15) is 5.23 Å². The number of hydrogen-bond acceptors (Lipinski definition) is 5. The molecular formula is C7H10N6. The Kier molecular flexibility index (Phi) is 1.57. The third kappa shape index (κ3) is 1.08. The summed E-state index contributed by atoms with van der Waals surface area (Å²) < 4.78 is 1.51. The van der Waals surface area contributed by atoms with Crippen molar-refractivity contribution in [1.29, 1.82) is 0 Å². The van der Waals surface area contributed by atoms with Crippen LogP contribution in [0.4, 0.5) is 5.69 Å². The van der Waals surface area contributed by atoms with Gasteiger partial charge in [-0.15, -0.1) is 0 Å². The van der Waals surface area contributed by atoms with Gasteiger partial charge in [0.25, 0.3) is 0 Å². The SMILES string of the molecule is Nc1ccnc2c1ccn2N(N)N. The molecule has 6 nitrogen and oxygen atoms in total. The van der Waals surface area contributed by atoms with E-state index in [9.17, 15) is 0 Å². The average Bonchev–Trinajstić information content (AvgIpc) is 2.48. The first kappa shape index (κ1) is 7.84. The van der Waals surface area contributed by atoms with Crippen LogP contribution in [0.5, 0.6) is 0 Å². The molecule has 0 amide bonds. The van der Waals surface area contributed by atoms with Crippen molar-refractivity contribution in [3.8, 4) is 0 Å². The lowest BCUT2D eigenvalue weighted by atomic mass is 10.3. The maximum Gasteiger partial charge on any atom is 0.163 e. The summed E-state index contributed by atoms with van der Waals surface area (Å²) in [7, 11) is 0. The van der Waals surface area contributed by atoms with E-state index in [-0.39, 0.29) is 0 Å². The molecule has 0 fully saturated rings. The first-order valence-electron chi connectivity index (χ1n) is 3.71. The first-order valence-corrected chi connectivity index (χ1v) is 3.71. The van der Waals surface area contributed by atoms with Crippen molar-refractivity contribution < 1.29 is 0 Å². The van der Waals surface area contributed by atoms with Crippen LogP contribution in [-0.4, -0.2) is 9.66 Å². The quantitative estimate of drug-likeness (QED) is 0.396. The first-order chi connectivity index (χ1) is 6.20. The summed E-state index contributed by atoms with van der Waals surface area (Å²) in [5, 5.41) is 1.79. The lowest BCUT2D eigenvalue weighted by Gasteiger charge is -2.12. The second-order valence-corrected chi connectivity index (χ2v) is 2.68. The molecule has 6 heteroatoms. The normalized spacial score (nSPS) is 10.6. The van der Waals surface area contributed by atoms with E-state index in [1.807, 2.05) is 6.07 Å². The van der Waals surface area contributed by atoms with Crippen LogP contribution in [0, 0.1) is 0 Å². The zero-order chi connectivity index (χ0) is 9.42. The Hall–Kier alpha value is -1.79. The van der Waals surface area contributed by atoms with Gasteiger partial charge < -0.3 is 5.73 Å². The summed E-state index contributed by atoms with van der Waals surface area (Å²) in [6.07, 6.45) is 3.31. The minimum atomic E-state index is 0.644. The molecule has 0 saturated carbocycles. The van der Waals surface area contributed by atoms with Crippen LogP contribution >= 0.6 is 0 Å². The van der Waals surface area contributed by atoms with E-state index >= 15 is 0 Å². The van der Waals surface area contributed by atoms with Crippen LogP contribution in [-0.2, 0) is 0 Å². The summed E-state index contributed by atoms with van der Waals surface area (Å²) in [5.41, 5.74) is 7.02. The molecule has 2 aromatic heterocycles. The number of aromatic nitrogens is 2. The number of fused-ring (bicyclic) bond motifs is 1. The average molecular weight is 178 g/mol. The van der Waals surface area contributed by atoms with Crippen LogP contribution in [0.2, 0.25) is 0 Å². The van der Waals surface area contributed by atoms with E-state index in [1.54, 1.807) is 18.5 Å². The monoisotopic (exact) mass is 178 g/mol. The highest BCUT2D eigenvalue weighted by Gasteiger charge is 2.05. The topological polar surface area (TPSA) is 99.1 Å². The molecule has 68 valence electrons. The van der Waals surface area contributed by atoms with E-state index < -0.39 is 0 Å². The van der Waals surface area contributed by atoms with Gasteiger partial charge in [0.1, 0.15) is 0 Å². The Bertz CT molecular complexity index is 431. The van der Waals surface area contributed by atoms with E-state index in [4.69, 9.17) is 17.4 Å². The Balaban J connectivity index is 2.75.